The molecule has 0 aliphatic heterocycles. The summed E-state index contributed by atoms with van der Waals surface area (Å²) in [4.78, 5) is 9.26. The largest absolute Gasteiger partial charge is 0.480 e. The first-order valence-electron chi connectivity index (χ1n) is 4.79. The van der Waals surface area contributed by atoms with Crippen LogP contribution in [0.4, 0.5) is 0 Å². The van der Waals surface area contributed by atoms with Gasteiger partial charge in [0.25, 0.3) is 0 Å². The van der Waals surface area contributed by atoms with Gasteiger partial charge in [0, 0.05) is 26.2 Å². The lowest BCUT2D eigenvalue weighted by molar-refractivity contribution is -0.180. The SMILES string of the molecule is CCOC(OCC)C(Cl)(CCO)C(=O)O. The molecule has 0 saturated heterocycles. The highest BCUT2D eigenvalue weighted by atomic mass is 35.5. The Hall–Kier alpha value is -0.360. The number of aliphatic hydroxyl groups is 1. The van der Waals surface area contributed by atoms with E-state index in [-0.39, 0.29) is 26.2 Å². The Morgan fingerprint density at radius 3 is 2.13 bits per heavy atom. The molecule has 0 aromatic heterocycles. The van der Waals surface area contributed by atoms with Gasteiger partial charge in [-0.3, -0.25) is 4.79 Å². The minimum Gasteiger partial charge on any atom is -0.480 e. The van der Waals surface area contributed by atoms with Crippen LogP contribution < -0.4 is 0 Å². The Morgan fingerprint density at radius 1 is 1.40 bits per heavy atom. The van der Waals surface area contributed by atoms with E-state index in [1.165, 1.54) is 0 Å². The Labute approximate surface area is 93.9 Å². The van der Waals surface area contributed by atoms with Gasteiger partial charge in [0.05, 0.1) is 0 Å². The maximum Gasteiger partial charge on any atom is 0.330 e. The number of hydrogen-bond donors (Lipinski definition) is 2. The molecule has 1 atom stereocenters. The number of ether oxygens (including phenoxy) is 2. The molecule has 1 unspecified atom stereocenters. The molecule has 0 spiro atoms. The Morgan fingerprint density at radius 2 is 1.87 bits per heavy atom. The molecule has 2 N–H and O–H groups in total. The Balaban J connectivity index is 4.72. The molecular weight excluding hydrogens is 224 g/mol. The van der Waals surface area contributed by atoms with Crippen molar-refractivity contribution >= 4 is 17.6 Å². The predicted molar refractivity (Wildman–Crippen MR) is 55.0 cm³/mol. The maximum absolute atomic E-state index is 11.0. The van der Waals surface area contributed by atoms with Crippen LogP contribution in [0, 0.1) is 0 Å². The second-order valence-corrected chi connectivity index (χ2v) is 3.56. The van der Waals surface area contributed by atoms with Gasteiger partial charge in [-0.15, -0.1) is 11.6 Å². The third kappa shape index (κ3) is 3.95. The number of rotatable bonds is 8. The first kappa shape index (κ1) is 14.6. The third-order valence-corrected chi connectivity index (χ3v) is 2.37. The van der Waals surface area contributed by atoms with Gasteiger partial charge in [-0.2, -0.15) is 0 Å². The molecule has 5 nitrogen and oxygen atoms in total. The number of carboxylic acid groups (broad SMARTS) is 1. The highest BCUT2D eigenvalue weighted by molar-refractivity contribution is 6.34. The first-order valence-corrected chi connectivity index (χ1v) is 5.17. The van der Waals surface area contributed by atoms with E-state index in [1.807, 2.05) is 0 Å². The smallest absolute Gasteiger partial charge is 0.330 e. The van der Waals surface area contributed by atoms with Crippen LogP contribution in [0.2, 0.25) is 0 Å². The monoisotopic (exact) mass is 240 g/mol. The van der Waals surface area contributed by atoms with Crippen LogP contribution in [0.5, 0.6) is 0 Å². The van der Waals surface area contributed by atoms with Crippen LogP contribution in [-0.4, -0.2) is 47.2 Å². The number of hydrogen-bond acceptors (Lipinski definition) is 4. The number of carbonyl (C=O) groups is 1. The molecule has 15 heavy (non-hydrogen) atoms. The lowest BCUT2D eigenvalue weighted by Crippen LogP contribution is -2.48. The van der Waals surface area contributed by atoms with E-state index >= 15 is 0 Å². The minimum atomic E-state index is -1.74. The molecule has 0 bridgehead atoms. The van der Waals surface area contributed by atoms with Crippen LogP contribution in [0.15, 0.2) is 0 Å². The van der Waals surface area contributed by atoms with Crippen molar-refractivity contribution in [1.29, 1.82) is 0 Å². The van der Waals surface area contributed by atoms with Crippen molar-refractivity contribution in [2.24, 2.45) is 0 Å². The number of carboxylic acids is 1. The van der Waals surface area contributed by atoms with E-state index in [0.29, 0.717) is 0 Å². The third-order valence-electron chi connectivity index (χ3n) is 1.84. The summed E-state index contributed by atoms with van der Waals surface area (Å²) in [6.45, 7) is 3.66. The van der Waals surface area contributed by atoms with Gasteiger partial charge in [-0.25, -0.2) is 0 Å². The zero-order valence-electron chi connectivity index (χ0n) is 8.90. The van der Waals surface area contributed by atoms with E-state index in [4.69, 9.17) is 31.3 Å². The summed E-state index contributed by atoms with van der Waals surface area (Å²) in [5.74, 6) is -1.26. The van der Waals surface area contributed by atoms with E-state index in [9.17, 15) is 4.79 Å². The highest BCUT2D eigenvalue weighted by Crippen LogP contribution is 2.28. The fourth-order valence-corrected chi connectivity index (χ4v) is 1.31. The van der Waals surface area contributed by atoms with Gasteiger partial charge in [0.2, 0.25) is 0 Å². The van der Waals surface area contributed by atoms with Crippen molar-refractivity contribution in [2.45, 2.75) is 31.4 Å². The summed E-state index contributed by atoms with van der Waals surface area (Å²) in [7, 11) is 0. The Kier molecular flexibility index (Phi) is 6.84. The van der Waals surface area contributed by atoms with Crippen LogP contribution in [0.25, 0.3) is 0 Å². The summed E-state index contributed by atoms with van der Waals surface area (Å²) >= 11 is 5.89. The van der Waals surface area contributed by atoms with Crippen LogP contribution in [0.1, 0.15) is 20.3 Å². The van der Waals surface area contributed by atoms with Gasteiger partial charge >= 0.3 is 5.97 Å². The molecular formula is C9H17ClO5. The zero-order valence-corrected chi connectivity index (χ0v) is 9.66. The van der Waals surface area contributed by atoms with Crippen molar-refractivity contribution in [3.63, 3.8) is 0 Å². The van der Waals surface area contributed by atoms with Gasteiger partial charge < -0.3 is 19.7 Å². The highest BCUT2D eigenvalue weighted by Gasteiger charge is 2.45. The number of aliphatic hydroxyl groups excluding tert-OH is 1. The Bertz CT molecular complexity index is 193. The summed E-state index contributed by atoms with van der Waals surface area (Å²) in [5, 5.41) is 17.8. The fraction of sp³-hybridized carbons (Fsp3) is 0.889. The standard InChI is InChI=1S/C9H17ClO5/c1-3-14-8(15-4-2)9(10,5-6-11)7(12)13/h8,11H,3-6H2,1-2H3,(H,12,13). The van der Waals surface area contributed by atoms with E-state index < -0.39 is 17.1 Å². The van der Waals surface area contributed by atoms with E-state index in [1.54, 1.807) is 13.8 Å². The van der Waals surface area contributed by atoms with Crippen molar-refractivity contribution in [2.75, 3.05) is 19.8 Å². The number of aliphatic carboxylic acids is 1. The number of alkyl halides is 1. The molecule has 0 aliphatic carbocycles. The topological polar surface area (TPSA) is 76.0 Å². The minimum absolute atomic E-state index is 0.130. The van der Waals surface area contributed by atoms with Crippen molar-refractivity contribution in [1.82, 2.24) is 0 Å². The average Bonchev–Trinajstić information content (AvgIpc) is 2.17. The van der Waals surface area contributed by atoms with Crippen LogP contribution >= 0.6 is 11.6 Å². The van der Waals surface area contributed by atoms with Gasteiger partial charge in [0.1, 0.15) is 0 Å². The van der Waals surface area contributed by atoms with Crippen molar-refractivity contribution in [3.05, 3.63) is 0 Å². The normalized spacial score (nSPS) is 15.3. The first-order chi connectivity index (χ1) is 7.02. The zero-order chi connectivity index (χ0) is 11.9. The van der Waals surface area contributed by atoms with Gasteiger partial charge in [-0.05, 0) is 13.8 Å². The second-order valence-electron chi connectivity index (χ2n) is 2.88. The van der Waals surface area contributed by atoms with Gasteiger partial charge in [-0.1, -0.05) is 0 Å². The average molecular weight is 241 g/mol. The molecule has 90 valence electrons. The van der Waals surface area contributed by atoms with Crippen molar-refractivity contribution in [3.8, 4) is 0 Å². The molecule has 0 aromatic carbocycles. The van der Waals surface area contributed by atoms with Gasteiger partial charge in [0.15, 0.2) is 11.2 Å². The molecule has 6 heteroatoms. The van der Waals surface area contributed by atoms with E-state index in [0.717, 1.165) is 0 Å². The summed E-state index contributed by atoms with van der Waals surface area (Å²) in [6, 6.07) is 0. The molecule has 0 radical (unpaired) electrons. The fourth-order valence-electron chi connectivity index (χ4n) is 1.10. The lowest BCUT2D eigenvalue weighted by Gasteiger charge is -2.30. The lowest BCUT2D eigenvalue weighted by atomic mass is 10.0. The van der Waals surface area contributed by atoms with Crippen LogP contribution in [0.3, 0.4) is 0 Å². The molecule has 0 aromatic rings. The number of halogens is 1. The van der Waals surface area contributed by atoms with E-state index in [2.05, 4.69) is 0 Å². The quantitative estimate of drug-likeness (QED) is 0.486. The van der Waals surface area contributed by atoms with Crippen LogP contribution in [-0.2, 0) is 14.3 Å². The molecule has 0 saturated carbocycles. The molecule has 0 rings (SSSR count). The van der Waals surface area contributed by atoms with Crippen molar-refractivity contribution < 1.29 is 24.5 Å². The molecule has 0 amide bonds. The second kappa shape index (κ2) is 7.00. The molecule has 0 aliphatic rings. The molecule has 0 heterocycles. The maximum atomic E-state index is 11.0. The summed E-state index contributed by atoms with van der Waals surface area (Å²) in [6.07, 6.45) is -1.19. The summed E-state index contributed by atoms with van der Waals surface area (Å²) in [5.41, 5.74) is 0. The molecule has 0 fully saturated rings. The predicted octanol–water partition coefficient (Wildman–Crippen LogP) is 0.830. The summed E-state index contributed by atoms with van der Waals surface area (Å²) < 4.78 is 10.2.